The van der Waals surface area contributed by atoms with E-state index in [1.807, 2.05) is 29.2 Å². The van der Waals surface area contributed by atoms with Crippen molar-refractivity contribution < 1.29 is 4.79 Å². The van der Waals surface area contributed by atoms with Crippen molar-refractivity contribution in [1.29, 1.82) is 0 Å². The lowest BCUT2D eigenvalue weighted by Crippen LogP contribution is -2.50. The number of carbonyl (C=O) groups excluding carboxylic acids is 1. The fourth-order valence-electron chi connectivity index (χ4n) is 2.17. The van der Waals surface area contributed by atoms with Crippen LogP contribution in [0.3, 0.4) is 0 Å². The van der Waals surface area contributed by atoms with E-state index in [1.54, 1.807) is 7.05 Å². The number of likely N-dealkylation sites (N-methyl/N-ethyl adjacent to an activating group) is 1. The lowest BCUT2D eigenvalue weighted by atomic mass is 10.2. The van der Waals surface area contributed by atoms with Gasteiger partial charge < -0.3 is 15.1 Å². The second kappa shape index (κ2) is 6.07. The maximum absolute atomic E-state index is 11.7. The highest BCUT2D eigenvalue weighted by Crippen LogP contribution is 2.25. The summed E-state index contributed by atoms with van der Waals surface area (Å²) >= 11 is 6.17. The van der Waals surface area contributed by atoms with Crippen LogP contribution >= 0.6 is 11.6 Å². The molecule has 4 nitrogen and oxygen atoms in total. The van der Waals surface area contributed by atoms with Crippen molar-refractivity contribution in [3.63, 3.8) is 0 Å². The molecule has 18 heavy (non-hydrogen) atoms. The summed E-state index contributed by atoms with van der Waals surface area (Å²) in [6.45, 7) is 3.59. The second-order valence-corrected chi connectivity index (χ2v) is 4.76. The van der Waals surface area contributed by atoms with Gasteiger partial charge in [-0.25, -0.2) is 0 Å². The van der Waals surface area contributed by atoms with Crippen molar-refractivity contribution in [2.24, 2.45) is 0 Å². The zero-order valence-electron chi connectivity index (χ0n) is 10.5. The van der Waals surface area contributed by atoms with Gasteiger partial charge in [0.05, 0.1) is 17.3 Å². The van der Waals surface area contributed by atoms with Crippen LogP contribution in [-0.4, -0.2) is 50.6 Å². The Balaban J connectivity index is 1.95. The van der Waals surface area contributed by atoms with Crippen molar-refractivity contribution in [3.8, 4) is 0 Å². The number of nitrogens with one attached hydrogen (secondary N) is 1. The fraction of sp³-hybridized carbons (Fsp3) is 0.462. The first-order valence-corrected chi connectivity index (χ1v) is 6.52. The average Bonchev–Trinajstić information content (AvgIpc) is 2.40. The maximum Gasteiger partial charge on any atom is 0.236 e. The molecule has 2 rings (SSSR count). The van der Waals surface area contributed by atoms with Crippen molar-refractivity contribution >= 4 is 23.2 Å². The number of piperazine rings is 1. The van der Waals surface area contributed by atoms with E-state index >= 15 is 0 Å². The zero-order valence-corrected chi connectivity index (χ0v) is 11.3. The van der Waals surface area contributed by atoms with Crippen molar-refractivity contribution in [2.45, 2.75) is 0 Å². The van der Waals surface area contributed by atoms with Crippen LogP contribution < -0.4 is 10.2 Å². The molecule has 0 aliphatic carbocycles. The number of hydrogen-bond acceptors (Lipinski definition) is 3. The number of halogens is 1. The van der Waals surface area contributed by atoms with E-state index in [2.05, 4.69) is 10.2 Å². The smallest absolute Gasteiger partial charge is 0.236 e. The van der Waals surface area contributed by atoms with Gasteiger partial charge in [0, 0.05) is 26.2 Å². The van der Waals surface area contributed by atoms with Gasteiger partial charge in [-0.2, -0.15) is 0 Å². The predicted molar refractivity (Wildman–Crippen MR) is 74.2 cm³/mol. The van der Waals surface area contributed by atoms with Gasteiger partial charge in [0.15, 0.2) is 0 Å². The molecule has 1 aliphatic rings. The van der Waals surface area contributed by atoms with E-state index in [9.17, 15) is 4.79 Å². The van der Waals surface area contributed by atoms with Crippen LogP contribution in [0.4, 0.5) is 5.69 Å². The van der Waals surface area contributed by atoms with Gasteiger partial charge in [-0.3, -0.25) is 4.79 Å². The third kappa shape index (κ3) is 2.94. The van der Waals surface area contributed by atoms with Gasteiger partial charge in [-0.05, 0) is 19.2 Å². The highest BCUT2D eigenvalue weighted by Gasteiger charge is 2.21. The highest BCUT2D eigenvalue weighted by molar-refractivity contribution is 6.33. The van der Waals surface area contributed by atoms with Gasteiger partial charge in [-0.1, -0.05) is 23.7 Å². The molecule has 1 fully saturated rings. The second-order valence-electron chi connectivity index (χ2n) is 4.35. The minimum atomic E-state index is 0.163. The molecule has 1 saturated heterocycles. The Morgan fingerprint density at radius 1 is 1.28 bits per heavy atom. The molecular formula is C13H18ClN3O. The van der Waals surface area contributed by atoms with E-state index in [1.165, 1.54) is 0 Å². The van der Waals surface area contributed by atoms with Crippen LogP contribution in [0.2, 0.25) is 5.02 Å². The molecule has 98 valence electrons. The number of nitrogens with zero attached hydrogens (tertiary/aromatic N) is 2. The molecule has 1 heterocycles. The van der Waals surface area contributed by atoms with Gasteiger partial charge >= 0.3 is 0 Å². The summed E-state index contributed by atoms with van der Waals surface area (Å²) in [6.07, 6.45) is 0. The number of rotatable bonds is 3. The molecule has 1 amide bonds. The summed E-state index contributed by atoms with van der Waals surface area (Å²) in [7, 11) is 1.79. The maximum atomic E-state index is 11.7. The molecule has 0 aromatic heterocycles. The third-order valence-corrected chi connectivity index (χ3v) is 3.47. The number of benzene rings is 1. The Hall–Kier alpha value is -1.26. The number of carbonyl (C=O) groups is 1. The lowest BCUT2D eigenvalue weighted by Gasteiger charge is -2.36. The molecule has 0 spiro atoms. The number of para-hydroxylation sites is 1. The summed E-state index contributed by atoms with van der Waals surface area (Å²) in [5.74, 6) is 0.163. The largest absolute Gasteiger partial charge is 0.367 e. The van der Waals surface area contributed by atoms with Gasteiger partial charge in [0.25, 0.3) is 0 Å². The van der Waals surface area contributed by atoms with Crippen molar-refractivity contribution in [2.75, 3.05) is 44.7 Å². The van der Waals surface area contributed by atoms with E-state index in [0.717, 1.165) is 36.9 Å². The van der Waals surface area contributed by atoms with Crippen LogP contribution in [0.25, 0.3) is 0 Å². The summed E-state index contributed by atoms with van der Waals surface area (Å²) in [6, 6.07) is 7.83. The van der Waals surface area contributed by atoms with Gasteiger partial charge in [0.1, 0.15) is 0 Å². The van der Waals surface area contributed by atoms with E-state index < -0.39 is 0 Å². The molecule has 5 heteroatoms. The number of amides is 1. The zero-order chi connectivity index (χ0) is 13.0. The van der Waals surface area contributed by atoms with Crippen molar-refractivity contribution in [1.82, 2.24) is 10.2 Å². The van der Waals surface area contributed by atoms with Crippen LogP contribution in [0.1, 0.15) is 0 Å². The Labute approximate surface area is 113 Å². The first-order valence-electron chi connectivity index (χ1n) is 6.14. The summed E-state index contributed by atoms with van der Waals surface area (Å²) in [5, 5.41) is 3.66. The Kier molecular flexibility index (Phi) is 4.44. The molecule has 0 bridgehead atoms. The molecule has 0 saturated carbocycles. The van der Waals surface area contributed by atoms with Crippen LogP contribution in [0, 0.1) is 0 Å². The standard InChI is InChI=1S/C13H18ClN3O/c1-15-10-13(18)17-8-6-16(7-9-17)12-5-3-2-4-11(12)14/h2-5,15H,6-10H2,1H3. The minimum absolute atomic E-state index is 0.163. The van der Waals surface area contributed by atoms with Crippen molar-refractivity contribution in [3.05, 3.63) is 29.3 Å². The number of anilines is 1. The van der Waals surface area contributed by atoms with Crippen LogP contribution in [0.15, 0.2) is 24.3 Å². The van der Waals surface area contributed by atoms with E-state index in [4.69, 9.17) is 11.6 Å². The number of hydrogen-bond donors (Lipinski definition) is 1. The molecule has 0 atom stereocenters. The van der Waals surface area contributed by atoms with Gasteiger partial charge in [0.2, 0.25) is 5.91 Å². The molecule has 1 aromatic carbocycles. The van der Waals surface area contributed by atoms with Crippen LogP contribution in [0.5, 0.6) is 0 Å². The molecule has 1 N–H and O–H groups in total. The Morgan fingerprint density at radius 3 is 2.56 bits per heavy atom. The molecule has 0 unspecified atom stereocenters. The lowest BCUT2D eigenvalue weighted by molar-refractivity contribution is -0.130. The molecular weight excluding hydrogens is 250 g/mol. The average molecular weight is 268 g/mol. The molecule has 1 aliphatic heterocycles. The van der Waals surface area contributed by atoms with Gasteiger partial charge in [-0.15, -0.1) is 0 Å². The molecule has 0 radical (unpaired) electrons. The topological polar surface area (TPSA) is 35.6 Å². The van der Waals surface area contributed by atoms with Crippen LogP contribution in [-0.2, 0) is 4.79 Å². The minimum Gasteiger partial charge on any atom is -0.367 e. The van der Waals surface area contributed by atoms with E-state index in [-0.39, 0.29) is 5.91 Å². The summed E-state index contributed by atoms with van der Waals surface area (Å²) in [4.78, 5) is 15.8. The van der Waals surface area contributed by atoms with E-state index in [0.29, 0.717) is 6.54 Å². The monoisotopic (exact) mass is 267 g/mol. The quantitative estimate of drug-likeness (QED) is 0.894. The summed E-state index contributed by atoms with van der Waals surface area (Å²) in [5.41, 5.74) is 1.06. The first-order chi connectivity index (χ1) is 8.72. The third-order valence-electron chi connectivity index (χ3n) is 3.15. The Morgan fingerprint density at radius 2 is 1.94 bits per heavy atom. The first kappa shape index (κ1) is 13.2. The Bertz CT molecular complexity index is 416. The highest BCUT2D eigenvalue weighted by atomic mass is 35.5. The predicted octanol–water partition coefficient (Wildman–Crippen LogP) is 1.21. The SMILES string of the molecule is CNCC(=O)N1CCN(c2ccccc2Cl)CC1. The summed E-state index contributed by atoms with van der Waals surface area (Å²) < 4.78 is 0. The normalized spacial score (nSPS) is 15.9. The fourth-order valence-corrected chi connectivity index (χ4v) is 2.42. The molecule has 1 aromatic rings.